The van der Waals surface area contributed by atoms with Gasteiger partial charge in [-0.15, -0.1) is 12.4 Å². The largest absolute Gasteiger partial charge is 0.399 e. The number of rotatable bonds is 2. The Bertz CT molecular complexity index is 797. The second-order valence-corrected chi connectivity index (χ2v) is 5.23. The van der Waals surface area contributed by atoms with Crippen molar-refractivity contribution >= 4 is 35.6 Å². The zero-order valence-corrected chi connectivity index (χ0v) is 13.3. The van der Waals surface area contributed by atoms with Crippen LogP contribution in [-0.4, -0.2) is 5.71 Å². The Kier molecular flexibility index (Phi) is 5.04. The molecule has 0 spiro atoms. The third kappa shape index (κ3) is 3.90. The van der Waals surface area contributed by atoms with Gasteiger partial charge in [0, 0.05) is 11.4 Å². The first kappa shape index (κ1) is 16.6. The molecule has 0 atom stereocenters. The van der Waals surface area contributed by atoms with E-state index >= 15 is 0 Å². The summed E-state index contributed by atoms with van der Waals surface area (Å²) in [4.78, 5) is 0. The number of allylic oxidation sites excluding steroid dienone is 5. The average Bonchev–Trinajstić information content (AvgIpc) is 2.52. The molecule has 0 radical (unpaired) electrons. The van der Waals surface area contributed by atoms with Crippen LogP contribution in [0.15, 0.2) is 72.3 Å². The number of anilines is 2. The fourth-order valence-corrected chi connectivity index (χ4v) is 2.31. The molecule has 0 saturated carbocycles. The van der Waals surface area contributed by atoms with Crippen molar-refractivity contribution < 1.29 is 0 Å². The number of hydrogen-bond donors (Lipinski definition) is 3. The predicted molar refractivity (Wildman–Crippen MR) is 102 cm³/mol. The molecule has 116 valence electrons. The monoisotopic (exact) mass is 323 g/mol. The van der Waals surface area contributed by atoms with Crippen LogP contribution in [0.3, 0.4) is 0 Å². The van der Waals surface area contributed by atoms with Crippen molar-refractivity contribution in [2.75, 3.05) is 11.5 Å². The summed E-state index contributed by atoms with van der Waals surface area (Å²) < 4.78 is 0. The molecular formula is C19H18ClN3. The van der Waals surface area contributed by atoms with Gasteiger partial charge in [0.25, 0.3) is 0 Å². The highest BCUT2D eigenvalue weighted by atomic mass is 35.5. The molecule has 0 aromatic heterocycles. The van der Waals surface area contributed by atoms with E-state index in [0.29, 0.717) is 5.71 Å². The molecule has 4 heteroatoms. The van der Waals surface area contributed by atoms with Crippen molar-refractivity contribution in [3.05, 3.63) is 77.9 Å². The van der Waals surface area contributed by atoms with Crippen LogP contribution in [0.1, 0.15) is 5.56 Å². The predicted octanol–water partition coefficient (Wildman–Crippen LogP) is 4.47. The van der Waals surface area contributed by atoms with E-state index in [4.69, 9.17) is 16.9 Å². The number of halogens is 1. The van der Waals surface area contributed by atoms with Crippen molar-refractivity contribution in [2.24, 2.45) is 0 Å². The third-order valence-electron chi connectivity index (χ3n) is 3.56. The third-order valence-corrected chi connectivity index (χ3v) is 3.56. The van der Waals surface area contributed by atoms with Gasteiger partial charge in [0.1, 0.15) is 0 Å². The van der Waals surface area contributed by atoms with Crippen LogP contribution < -0.4 is 11.5 Å². The highest BCUT2D eigenvalue weighted by Gasteiger charge is 2.03. The maximum Gasteiger partial charge on any atom is 0.0540 e. The number of nitrogen functional groups attached to an aromatic ring is 2. The number of benzene rings is 2. The second kappa shape index (κ2) is 6.99. The number of nitrogens with one attached hydrogen (secondary N) is 1. The molecule has 5 N–H and O–H groups in total. The van der Waals surface area contributed by atoms with E-state index in [1.807, 2.05) is 54.6 Å². The van der Waals surface area contributed by atoms with Gasteiger partial charge in [-0.1, -0.05) is 30.4 Å². The molecule has 0 fully saturated rings. The van der Waals surface area contributed by atoms with Gasteiger partial charge in [-0.3, -0.25) is 0 Å². The highest BCUT2D eigenvalue weighted by molar-refractivity contribution is 6.04. The normalized spacial score (nSPS) is 12.9. The molecular weight excluding hydrogens is 306 g/mol. The van der Waals surface area contributed by atoms with Crippen LogP contribution in [0.2, 0.25) is 0 Å². The molecule has 3 nitrogen and oxygen atoms in total. The number of nitrogens with two attached hydrogens (primary N) is 2. The van der Waals surface area contributed by atoms with Crippen molar-refractivity contribution in [3.8, 4) is 11.1 Å². The Morgan fingerprint density at radius 2 is 1.39 bits per heavy atom. The molecule has 1 aliphatic rings. The summed E-state index contributed by atoms with van der Waals surface area (Å²) in [7, 11) is 0. The summed E-state index contributed by atoms with van der Waals surface area (Å²) in [6.07, 6.45) is 9.39. The van der Waals surface area contributed by atoms with E-state index in [0.717, 1.165) is 33.6 Å². The molecule has 0 aliphatic heterocycles. The van der Waals surface area contributed by atoms with E-state index in [1.54, 1.807) is 12.2 Å². The Hall–Kier alpha value is -2.78. The minimum absolute atomic E-state index is 0. The van der Waals surface area contributed by atoms with Gasteiger partial charge < -0.3 is 16.9 Å². The smallest absolute Gasteiger partial charge is 0.0540 e. The van der Waals surface area contributed by atoms with Crippen LogP contribution in [0.4, 0.5) is 11.4 Å². The van der Waals surface area contributed by atoms with Gasteiger partial charge in [0.15, 0.2) is 0 Å². The van der Waals surface area contributed by atoms with Crippen LogP contribution >= 0.6 is 12.4 Å². The Morgan fingerprint density at radius 1 is 0.783 bits per heavy atom. The lowest BCUT2D eigenvalue weighted by Crippen LogP contribution is -1.93. The summed E-state index contributed by atoms with van der Waals surface area (Å²) in [5.74, 6) is 0. The minimum Gasteiger partial charge on any atom is -0.399 e. The van der Waals surface area contributed by atoms with Gasteiger partial charge >= 0.3 is 0 Å². The van der Waals surface area contributed by atoms with Gasteiger partial charge in [-0.25, -0.2) is 0 Å². The highest BCUT2D eigenvalue weighted by Crippen LogP contribution is 2.26. The first-order valence-electron chi connectivity index (χ1n) is 7.04. The topological polar surface area (TPSA) is 75.9 Å². The van der Waals surface area contributed by atoms with Gasteiger partial charge in [-0.2, -0.15) is 0 Å². The lowest BCUT2D eigenvalue weighted by molar-refractivity contribution is 1.51. The lowest BCUT2D eigenvalue weighted by atomic mass is 9.99. The van der Waals surface area contributed by atoms with Gasteiger partial charge in [0.2, 0.25) is 0 Å². The molecule has 2 aromatic rings. The Balaban J connectivity index is 0.00000192. The number of hydrogen-bond acceptors (Lipinski definition) is 3. The molecule has 1 aliphatic carbocycles. The summed E-state index contributed by atoms with van der Waals surface area (Å²) in [5, 5.41) is 7.53. The average molecular weight is 324 g/mol. The van der Waals surface area contributed by atoms with Crippen LogP contribution in [0.5, 0.6) is 0 Å². The van der Waals surface area contributed by atoms with E-state index in [-0.39, 0.29) is 12.4 Å². The Morgan fingerprint density at radius 3 is 2.04 bits per heavy atom. The van der Waals surface area contributed by atoms with Crippen molar-refractivity contribution in [2.45, 2.75) is 0 Å². The summed E-state index contributed by atoms with van der Waals surface area (Å²) in [6.45, 7) is 0. The van der Waals surface area contributed by atoms with Gasteiger partial charge in [-0.05, 0) is 64.8 Å². The van der Waals surface area contributed by atoms with Crippen LogP contribution in [-0.2, 0) is 0 Å². The first-order chi connectivity index (χ1) is 10.6. The quantitative estimate of drug-likeness (QED) is 0.713. The second-order valence-electron chi connectivity index (χ2n) is 5.23. The fraction of sp³-hybridized carbons (Fsp3) is 0. The molecule has 23 heavy (non-hydrogen) atoms. The Labute approximate surface area is 141 Å². The van der Waals surface area contributed by atoms with E-state index in [1.165, 1.54) is 0 Å². The first-order valence-corrected chi connectivity index (χ1v) is 7.04. The van der Waals surface area contributed by atoms with Crippen molar-refractivity contribution in [3.63, 3.8) is 0 Å². The molecule has 2 aromatic carbocycles. The molecule has 3 rings (SSSR count). The summed E-state index contributed by atoms with van der Waals surface area (Å²) >= 11 is 0. The zero-order valence-electron chi connectivity index (χ0n) is 12.5. The van der Waals surface area contributed by atoms with Gasteiger partial charge in [0.05, 0.1) is 5.71 Å². The van der Waals surface area contributed by atoms with Crippen molar-refractivity contribution in [1.29, 1.82) is 5.41 Å². The van der Waals surface area contributed by atoms with E-state index < -0.39 is 0 Å². The summed E-state index contributed by atoms with van der Waals surface area (Å²) in [6, 6.07) is 13.8. The maximum absolute atomic E-state index is 7.53. The molecule has 0 saturated heterocycles. The maximum atomic E-state index is 7.53. The summed E-state index contributed by atoms with van der Waals surface area (Å²) in [5.41, 5.74) is 18.0. The standard InChI is InChI=1S/C19H17N3.ClH/c20-17-6-1-13(2-7-17)11-16-12-15(5-10-19(16)22)14-3-8-18(21)9-4-14;/h1-12,20H,21-22H2;1H. The molecule has 0 unspecified atom stereocenters. The molecule has 0 bridgehead atoms. The van der Waals surface area contributed by atoms with Crippen LogP contribution in [0, 0.1) is 5.41 Å². The zero-order chi connectivity index (χ0) is 15.5. The fourth-order valence-electron chi connectivity index (χ4n) is 2.31. The van der Waals surface area contributed by atoms with E-state index in [9.17, 15) is 0 Å². The SMILES string of the molecule is Cl.N=C1C=CC(=Cc2cc(-c3ccc(N)cc3)ccc2N)C=C1. The van der Waals surface area contributed by atoms with Crippen LogP contribution in [0.25, 0.3) is 17.2 Å². The molecule has 0 heterocycles. The van der Waals surface area contributed by atoms with Crippen molar-refractivity contribution in [1.82, 2.24) is 0 Å². The minimum atomic E-state index is 0. The lowest BCUT2D eigenvalue weighted by Gasteiger charge is -2.08. The molecule has 0 amide bonds. The van der Waals surface area contributed by atoms with E-state index in [2.05, 4.69) is 6.07 Å².